The zero-order chi connectivity index (χ0) is 21.5. The molecule has 1 N–H and O–H groups in total. The summed E-state index contributed by atoms with van der Waals surface area (Å²) in [7, 11) is 0. The van der Waals surface area contributed by atoms with Crippen LogP contribution in [0.4, 0.5) is 0 Å². The Morgan fingerprint density at radius 2 is 1.94 bits per heavy atom. The van der Waals surface area contributed by atoms with E-state index in [-0.39, 0.29) is 17.7 Å². The number of hydrogen-bond acceptors (Lipinski definition) is 2. The summed E-state index contributed by atoms with van der Waals surface area (Å²) < 4.78 is 7.75. The second-order valence-electron chi connectivity index (χ2n) is 8.78. The summed E-state index contributed by atoms with van der Waals surface area (Å²) in [5, 5.41) is 4.31. The van der Waals surface area contributed by atoms with Gasteiger partial charge < -0.3 is 14.3 Å². The Morgan fingerprint density at radius 3 is 2.74 bits per heavy atom. The fraction of sp³-hybridized carbons (Fsp3) is 0.296. The first-order valence-electron chi connectivity index (χ1n) is 11.0. The Hall–Kier alpha value is -3.27. The number of furan rings is 1. The minimum absolute atomic E-state index is 0.0358. The minimum Gasteiger partial charge on any atom is -0.467 e. The quantitative estimate of drug-likeness (QED) is 0.446. The van der Waals surface area contributed by atoms with Crippen molar-refractivity contribution < 1.29 is 9.21 Å². The summed E-state index contributed by atoms with van der Waals surface area (Å²) in [6.45, 7) is 7.82. The molecule has 1 aliphatic rings. The number of benzene rings is 2. The standard InChI is InChI=1S/C27H28N2O2/c1-17-10-11-18(2)20(13-17)16-29-19(3)26(22-8-4-5-9-25(22)29)23-14-24(23)27(30)28-15-21-7-6-12-31-21/h4-13,23-24H,14-16H2,1-3H3,(H,28,30)/t23-,24-/m0/s1. The van der Waals surface area contributed by atoms with Gasteiger partial charge in [0, 0.05) is 29.1 Å². The normalized spacial score (nSPS) is 17.8. The highest BCUT2D eigenvalue weighted by Gasteiger charge is 2.46. The topological polar surface area (TPSA) is 47.2 Å². The molecule has 4 heteroatoms. The number of para-hydroxylation sites is 1. The molecule has 2 atom stereocenters. The maximum absolute atomic E-state index is 12.8. The number of carbonyl (C=O) groups excluding carboxylic acids is 1. The molecule has 0 radical (unpaired) electrons. The smallest absolute Gasteiger partial charge is 0.224 e. The van der Waals surface area contributed by atoms with Crippen molar-refractivity contribution in [1.29, 1.82) is 0 Å². The predicted molar refractivity (Wildman–Crippen MR) is 123 cm³/mol. The molecule has 2 aromatic carbocycles. The van der Waals surface area contributed by atoms with Crippen LogP contribution in [0.25, 0.3) is 10.9 Å². The van der Waals surface area contributed by atoms with Crippen LogP contribution in [0, 0.1) is 26.7 Å². The fourth-order valence-corrected chi connectivity index (χ4v) is 4.79. The van der Waals surface area contributed by atoms with Gasteiger partial charge in [-0.2, -0.15) is 0 Å². The van der Waals surface area contributed by atoms with Gasteiger partial charge in [-0.25, -0.2) is 0 Å². The first-order chi connectivity index (χ1) is 15.0. The lowest BCUT2D eigenvalue weighted by Crippen LogP contribution is -2.24. The molecule has 1 aliphatic carbocycles. The van der Waals surface area contributed by atoms with Crippen LogP contribution in [0.3, 0.4) is 0 Å². The molecule has 0 aliphatic heterocycles. The number of amides is 1. The number of carbonyl (C=O) groups is 1. The van der Waals surface area contributed by atoms with Crippen LogP contribution < -0.4 is 5.32 Å². The minimum atomic E-state index is 0.0358. The number of hydrogen-bond donors (Lipinski definition) is 1. The van der Waals surface area contributed by atoms with Crippen molar-refractivity contribution >= 4 is 16.8 Å². The van der Waals surface area contributed by atoms with Crippen molar-refractivity contribution in [3.8, 4) is 0 Å². The summed E-state index contributed by atoms with van der Waals surface area (Å²) in [6.07, 6.45) is 2.54. The Morgan fingerprint density at radius 1 is 1.10 bits per heavy atom. The van der Waals surface area contributed by atoms with Crippen LogP contribution in [-0.2, 0) is 17.9 Å². The van der Waals surface area contributed by atoms with E-state index < -0.39 is 0 Å². The van der Waals surface area contributed by atoms with Crippen molar-refractivity contribution in [1.82, 2.24) is 9.88 Å². The van der Waals surface area contributed by atoms with Crippen LogP contribution >= 0.6 is 0 Å². The first kappa shape index (κ1) is 19.7. The molecule has 4 nitrogen and oxygen atoms in total. The molecule has 0 spiro atoms. The maximum atomic E-state index is 12.8. The molecular formula is C27H28N2O2. The van der Waals surface area contributed by atoms with E-state index in [1.165, 1.54) is 38.9 Å². The monoisotopic (exact) mass is 412 g/mol. The molecule has 1 fully saturated rings. The maximum Gasteiger partial charge on any atom is 0.224 e. The van der Waals surface area contributed by atoms with Gasteiger partial charge in [-0.1, -0.05) is 42.0 Å². The van der Waals surface area contributed by atoms with E-state index in [0.717, 1.165) is 18.7 Å². The van der Waals surface area contributed by atoms with Gasteiger partial charge in [0.1, 0.15) is 5.76 Å². The lowest BCUT2D eigenvalue weighted by atomic mass is 10.0. The number of rotatable bonds is 6. The lowest BCUT2D eigenvalue weighted by Gasteiger charge is -2.12. The number of nitrogens with zero attached hydrogens (tertiary/aromatic N) is 1. The highest BCUT2D eigenvalue weighted by molar-refractivity contribution is 5.90. The number of fused-ring (bicyclic) bond motifs is 1. The summed E-state index contributed by atoms with van der Waals surface area (Å²) in [4.78, 5) is 12.8. The van der Waals surface area contributed by atoms with Gasteiger partial charge in [-0.15, -0.1) is 0 Å². The molecule has 0 unspecified atom stereocenters. The Labute approximate surface area is 182 Å². The van der Waals surface area contributed by atoms with Gasteiger partial charge in [-0.05, 0) is 68.0 Å². The summed E-state index contributed by atoms with van der Waals surface area (Å²) in [5.74, 6) is 1.22. The van der Waals surface area contributed by atoms with Crippen LogP contribution in [0.15, 0.2) is 65.3 Å². The van der Waals surface area contributed by atoms with Crippen molar-refractivity contribution in [2.24, 2.45) is 5.92 Å². The summed E-state index contributed by atoms with van der Waals surface area (Å²) >= 11 is 0. The van der Waals surface area contributed by atoms with Gasteiger partial charge >= 0.3 is 0 Å². The molecule has 0 saturated heterocycles. The van der Waals surface area contributed by atoms with Crippen LogP contribution in [-0.4, -0.2) is 10.5 Å². The number of aromatic nitrogens is 1. The third-order valence-corrected chi connectivity index (χ3v) is 6.63. The molecule has 1 amide bonds. The Balaban J connectivity index is 1.43. The van der Waals surface area contributed by atoms with Crippen molar-refractivity contribution in [2.75, 3.05) is 0 Å². The molecular weight excluding hydrogens is 384 g/mol. The lowest BCUT2D eigenvalue weighted by molar-refractivity contribution is -0.122. The zero-order valence-electron chi connectivity index (χ0n) is 18.3. The van der Waals surface area contributed by atoms with Crippen molar-refractivity contribution in [3.63, 3.8) is 0 Å². The van der Waals surface area contributed by atoms with Crippen LogP contribution in [0.5, 0.6) is 0 Å². The van der Waals surface area contributed by atoms with Crippen molar-refractivity contribution in [2.45, 2.75) is 46.2 Å². The average Bonchev–Trinajstić information content (AvgIpc) is 3.26. The predicted octanol–water partition coefficient (Wildman–Crippen LogP) is 5.63. The van der Waals surface area contributed by atoms with E-state index in [9.17, 15) is 4.79 Å². The molecule has 2 aromatic heterocycles. The van der Waals surface area contributed by atoms with E-state index in [0.29, 0.717) is 6.54 Å². The molecule has 2 heterocycles. The van der Waals surface area contributed by atoms with E-state index in [1.807, 2.05) is 12.1 Å². The largest absolute Gasteiger partial charge is 0.467 e. The first-order valence-corrected chi connectivity index (χ1v) is 11.0. The van der Waals surface area contributed by atoms with Gasteiger partial charge in [0.2, 0.25) is 5.91 Å². The van der Waals surface area contributed by atoms with Crippen molar-refractivity contribution in [3.05, 3.63) is 94.6 Å². The molecule has 0 bridgehead atoms. The Kier molecular flexibility index (Phi) is 4.93. The van der Waals surface area contributed by atoms with Crippen LogP contribution in [0.1, 0.15) is 46.0 Å². The fourth-order valence-electron chi connectivity index (χ4n) is 4.79. The molecule has 1 saturated carbocycles. The highest BCUT2D eigenvalue weighted by atomic mass is 16.3. The van der Waals surface area contributed by atoms with Gasteiger partial charge in [-0.3, -0.25) is 4.79 Å². The van der Waals surface area contributed by atoms with E-state index in [4.69, 9.17) is 4.42 Å². The second-order valence-corrected chi connectivity index (χ2v) is 8.78. The van der Waals surface area contributed by atoms with Gasteiger partial charge in [0.15, 0.2) is 0 Å². The van der Waals surface area contributed by atoms with Crippen LogP contribution in [0.2, 0.25) is 0 Å². The summed E-state index contributed by atoms with van der Waals surface area (Å²) in [6, 6.07) is 19.0. The van der Waals surface area contributed by atoms with Gasteiger partial charge in [0.05, 0.1) is 12.8 Å². The summed E-state index contributed by atoms with van der Waals surface area (Å²) in [5.41, 5.74) is 7.79. The third-order valence-electron chi connectivity index (χ3n) is 6.63. The average molecular weight is 413 g/mol. The Bertz CT molecular complexity index is 1250. The van der Waals surface area contributed by atoms with E-state index in [2.05, 4.69) is 73.1 Å². The van der Waals surface area contributed by atoms with E-state index in [1.54, 1.807) is 6.26 Å². The van der Waals surface area contributed by atoms with E-state index >= 15 is 0 Å². The zero-order valence-corrected chi connectivity index (χ0v) is 18.3. The molecule has 158 valence electrons. The van der Waals surface area contributed by atoms with Gasteiger partial charge in [0.25, 0.3) is 0 Å². The second kappa shape index (κ2) is 7.77. The molecule has 31 heavy (non-hydrogen) atoms. The molecule has 4 aromatic rings. The SMILES string of the molecule is Cc1ccc(C)c(Cn2c(C)c([C@H]3C[C@@H]3C(=O)NCc3ccco3)c3ccccc32)c1. The highest BCUT2D eigenvalue weighted by Crippen LogP contribution is 2.51. The third kappa shape index (κ3) is 3.67. The number of nitrogens with one attached hydrogen (secondary N) is 1. The molecule has 5 rings (SSSR count). The number of aryl methyl sites for hydroxylation is 2.